The van der Waals surface area contributed by atoms with Gasteiger partial charge in [0, 0.05) is 10.8 Å². The first-order valence-corrected chi connectivity index (χ1v) is 13.1. The zero-order valence-electron chi connectivity index (χ0n) is 17.4. The lowest BCUT2D eigenvalue weighted by Gasteiger charge is -2.25. The van der Waals surface area contributed by atoms with Crippen molar-refractivity contribution in [1.82, 2.24) is 10.2 Å². The fourth-order valence-corrected chi connectivity index (χ4v) is 6.02. The van der Waals surface area contributed by atoms with E-state index in [4.69, 9.17) is 11.6 Å². The highest BCUT2D eigenvalue weighted by Gasteiger charge is 2.28. The van der Waals surface area contributed by atoms with Crippen molar-refractivity contribution < 1.29 is 13.2 Å². The number of nitrogens with one attached hydrogen (secondary N) is 1. The van der Waals surface area contributed by atoms with Crippen LogP contribution >= 0.6 is 34.7 Å². The lowest BCUT2D eigenvalue weighted by molar-refractivity contribution is -0.114. The van der Waals surface area contributed by atoms with Crippen molar-refractivity contribution in [3.63, 3.8) is 0 Å². The molecule has 1 aromatic heterocycles. The summed E-state index contributed by atoms with van der Waals surface area (Å²) >= 11 is 8.70. The van der Waals surface area contributed by atoms with Gasteiger partial charge in [-0.05, 0) is 49.7 Å². The number of aromatic nitrogens is 2. The monoisotopic (exact) mass is 508 g/mol. The van der Waals surface area contributed by atoms with E-state index in [-0.39, 0.29) is 4.90 Å². The molecule has 2 aromatic carbocycles. The Morgan fingerprint density at radius 1 is 1.22 bits per heavy atom. The fraction of sp³-hybridized carbons (Fsp3) is 0.190. The molecule has 0 atom stereocenters. The number of carbonyl (C=O) groups excluding carboxylic acids is 1. The number of hydrogen-bond donors (Lipinski definition) is 1. The molecular weight excluding hydrogens is 488 g/mol. The molecular formula is C21H21ClN4O3S3. The van der Waals surface area contributed by atoms with E-state index in [1.54, 1.807) is 43.3 Å². The van der Waals surface area contributed by atoms with Gasteiger partial charge < -0.3 is 0 Å². The molecule has 0 aliphatic rings. The number of sulfonamides is 1. The van der Waals surface area contributed by atoms with Gasteiger partial charge >= 0.3 is 0 Å². The first-order valence-electron chi connectivity index (χ1n) is 9.43. The predicted molar refractivity (Wildman–Crippen MR) is 131 cm³/mol. The molecule has 11 heteroatoms. The van der Waals surface area contributed by atoms with Gasteiger partial charge in [0.25, 0.3) is 10.0 Å². The maximum Gasteiger partial charge on any atom is 0.264 e. The first-order chi connectivity index (χ1) is 15.2. The van der Waals surface area contributed by atoms with Crippen molar-refractivity contribution in [2.75, 3.05) is 21.9 Å². The molecule has 0 bridgehead atoms. The van der Waals surface area contributed by atoms with E-state index in [0.29, 0.717) is 31.5 Å². The molecule has 1 heterocycles. The molecule has 0 spiro atoms. The van der Waals surface area contributed by atoms with Gasteiger partial charge in [0.05, 0.1) is 10.6 Å². The molecule has 1 amide bonds. The van der Waals surface area contributed by atoms with Gasteiger partial charge in [-0.3, -0.25) is 14.4 Å². The summed E-state index contributed by atoms with van der Waals surface area (Å²) in [4.78, 5) is 12.9. The van der Waals surface area contributed by atoms with Crippen LogP contribution in [0, 0.1) is 13.8 Å². The quantitative estimate of drug-likeness (QED) is 0.250. The van der Waals surface area contributed by atoms with E-state index in [9.17, 15) is 13.2 Å². The maximum atomic E-state index is 13.5. The van der Waals surface area contributed by atoms with Crippen LogP contribution < -0.4 is 9.62 Å². The number of thioether (sulfide) groups is 1. The smallest absolute Gasteiger partial charge is 0.264 e. The number of hydrogen-bond acceptors (Lipinski definition) is 7. The Balaban J connectivity index is 1.90. The molecule has 0 fully saturated rings. The number of amides is 1. The van der Waals surface area contributed by atoms with Crippen LogP contribution in [0.3, 0.4) is 0 Å². The number of halogens is 1. The van der Waals surface area contributed by atoms with E-state index >= 15 is 0 Å². The lowest BCUT2D eigenvalue weighted by atomic mass is 10.2. The van der Waals surface area contributed by atoms with Crippen LogP contribution in [0.1, 0.15) is 11.1 Å². The number of benzene rings is 2. The summed E-state index contributed by atoms with van der Waals surface area (Å²) in [6, 6.07) is 11.3. The second-order valence-electron chi connectivity index (χ2n) is 6.78. The van der Waals surface area contributed by atoms with Gasteiger partial charge in [-0.15, -0.1) is 16.8 Å². The summed E-state index contributed by atoms with van der Waals surface area (Å²) in [5.74, 6) is 0.132. The molecule has 0 aliphatic carbocycles. The number of rotatable bonds is 9. The number of nitrogens with zero attached hydrogens (tertiary/aromatic N) is 3. The molecule has 0 aliphatic heterocycles. The van der Waals surface area contributed by atoms with Crippen molar-refractivity contribution in [1.29, 1.82) is 0 Å². The van der Waals surface area contributed by atoms with Crippen LogP contribution in [-0.2, 0) is 14.8 Å². The fourth-order valence-electron chi connectivity index (χ4n) is 2.77. The maximum absolute atomic E-state index is 13.5. The minimum absolute atomic E-state index is 0.0873. The van der Waals surface area contributed by atoms with Crippen LogP contribution in [0.25, 0.3) is 0 Å². The minimum Gasteiger partial charge on any atom is -0.299 e. The summed E-state index contributed by atoms with van der Waals surface area (Å²) < 4.78 is 28.7. The van der Waals surface area contributed by atoms with Gasteiger partial charge in [-0.2, -0.15) is 0 Å². The Bertz CT molecular complexity index is 1230. The van der Waals surface area contributed by atoms with Gasteiger partial charge in [-0.25, -0.2) is 8.42 Å². The molecule has 1 N–H and O–H groups in total. The molecule has 0 radical (unpaired) electrons. The molecule has 3 aromatic rings. The van der Waals surface area contributed by atoms with E-state index < -0.39 is 22.5 Å². The van der Waals surface area contributed by atoms with E-state index in [1.165, 1.54) is 35.2 Å². The normalized spacial score (nSPS) is 11.2. The predicted octanol–water partition coefficient (Wildman–Crippen LogP) is 4.92. The Labute approximate surface area is 200 Å². The van der Waals surface area contributed by atoms with Crippen molar-refractivity contribution >= 4 is 61.4 Å². The van der Waals surface area contributed by atoms with Crippen molar-refractivity contribution in [3.8, 4) is 0 Å². The third-order valence-electron chi connectivity index (χ3n) is 4.30. The minimum atomic E-state index is -4.02. The standard InChI is InChI=1S/C21H21ClN4O3S3/c1-4-11-30-21-25-24-20(31-21)23-19(27)13-26(18-10-7-16(22)12-15(18)3)32(28,29)17-8-5-14(2)6-9-17/h4-10,12H,1,11,13H2,2-3H3,(H,23,24,27). The molecule has 0 saturated heterocycles. The van der Waals surface area contributed by atoms with Gasteiger partial charge in [0.2, 0.25) is 11.0 Å². The average Bonchev–Trinajstić information content (AvgIpc) is 3.18. The summed E-state index contributed by atoms with van der Waals surface area (Å²) in [6.07, 6.45) is 1.74. The number of anilines is 2. The first kappa shape index (κ1) is 24.2. The van der Waals surface area contributed by atoms with Crippen LogP contribution in [0.15, 0.2) is 64.4 Å². The van der Waals surface area contributed by atoms with E-state index in [0.717, 1.165) is 9.87 Å². The summed E-state index contributed by atoms with van der Waals surface area (Å²) in [5, 5.41) is 11.3. The second-order valence-corrected chi connectivity index (χ2v) is 11.3. The van der Waals surface area contributed by atoms with Crippen molar-refractivity contribution in [2.24, 2.45) is 0 Å². The van der Waals surface area contributed by atoms with Gasteiger partial charge in [-0.1, -0.05) is 58.5 Å². The van der Waals surface area contributed by atoms with Crippen LogP contribution in [-0.4, -0.2) is 36.8 Å². The molecule has 0 unspecified atom stereocenters. The van der Waals surface area contributed by atoms with Crippen molar-refractivity contribution in [3.05, 3.63) is 71.3 Å². The van der Waals surface area contributed by atoms with E-state index in [1.807, 2.05) is 6.92 Å². The Hall–Kier alpha value is -2.40. The summed E-state index contributed by atoms with van der Waals surface area (Å²) in [5.41, 5.74) is 1.92. The highest BCUT2D eigenvalue weighted by atomic mass is 35.5. The Morgan fingerprint density at radius 2 is 1.94 bits per heavy atom. The zero-order valence-corrected chi connectivity index (χ0v) is 20.6. The average molecular weight is 509 g/mol. The van der Waals surface area contributed by atoms with Crippen LogP contribution in [0.2, 0.25) is 5.02 Å². The molecule has 3 rings (SSSR count). The molecule has 0 saturated carbocycles. The SMILES string of the molecule is C=CCSc1nnc(NC(=O)CN(c2ccc(Cl)cc2C)S(=O)(=O)c2ccc(C)cc2)s1. The van der Waals surface area contributed by atoms with Gasteiger partial charge in [0.1, 0.15) is 6.54 Å². The third-order valence-corrected chi connectivity index (χ3v) is 8.28. The van der Waals surface area contributed by atoms with Crippen LogP contribution in [0.4, 0.5) is 10.8 Å². The summed E-state index contributed by atoms with van der Waals surface area (Å²) in [7, 11) is -4.02. The third kappa shape index (κ3) is 5.89. The Morgan fingerprint density at radius 3 is 2.59 bits per heavy atom. The molecule has 168 valence electrons. The highest BCUT2D eigenvalue weighted by molar-refractivity contribution is 8.01. The Kier molecular flexibility index (Phi) is 7.94. The molecule has 7 nitrogen and oxygen atoms in total. The van der Waals surface area contributed by atoms with E-state index in [2.05, 4.69) is 22.1 Å². The summed E-state index contributed by atoms with van der Waals surface area (Å²) in [6.45, 7) is 6.83. The van der Waals surface area contributed by atoms with Crippen LogP contribution in [0.5, 0.6) is 0 Å². The number of aryl methyl sites for hydroxylation is 2. The largest absolute Gasteiger partial charge is 0.299 e. The zero-order chi connectivity index (χ0) is 23.3. The molecule has 32 heavy (non-hydrogen) atoms. The topological polar surface area (TPSA) is 92.3 Å². The lowest BCUT2D eigenvalue weighted by Crippen LogP contribution is -2.38. The van der Waals surface area contributed by atoms with Gasteiger partial charge in [0.15, 0.2) is 4.34 Å². The number of carbonyl (C=O) groups is 1. The van der Waals surface area contributed by atoms with Crippen molar-refractivity contribution in [2.45, 2.75) is 23.1 Å². The highest BCUT2D eigenvalue weighted by Crippen LogP contribution is 2.30. The second kappa shape index (κ2) is 10.5.